The minimum absolute atomic E-state index is 0.0166. The third kappa shape index (κ3) is 5.31. The number of hydrogen-bond acceptors (Lipinski definition) is 3. The molecular formula is C14H20N2O4. The highest BCUT2D eigenvalue weighted by Crippen LogP contribution is 2.24. The van der Waals surface area contributed by atoms with Crippen LogP contribution in [0.3, 0.4) is 0 Å². The number of aliphatic carboxylic acids is 1. The zero-order chi connectivity index (χ0) is 15.0. The van der Waals surface area contributed by atoms with Gasteiger partial charge in [0.1, 0.15) is 6.54 Å². The maximum Gasteiger partial charge on any atom is 0.323 e. The van der Waals surface area contributed by atoms with Crippen molar-refractivity contribution in [3.63, 3.8) is 0 Å². The number of terminal acetylenes is 1. The summed E-state index contributed by atoms with van der Waals surface area (Å²) < 4.78 is 0. The molecule has 0 atom stereocenters. The van der Waals surface area contributed by atoms with Gasteiger partial charge in [0, 0.05) is 18.9 Å². The van der Waals surface area contributed by atoms with Gasteiger partial charge in [-0.3, -0.25) is 14.4 Å². The molecule has 0 unspecified atom stereocenters. The summed E-state index contributed by atoms with van der Waals surface area (Å²) in [5.41, 5.74) is 0. The number of carbonyl (C=O) groups is 3. The molecule has 0 spiro atoms. The topological polar surface area (TPSA) is 86.7 Å². The van der Waals surface area contributed by atoms with E-state index < -0.39 is 12.5 Å². The zero-order valence-electron chi connectivity index (χ0n) is 11.4. The zero-order valence-corrected chi connectivity index (χ0v) is 11.4. The Bertz CT molecular complexity index is 408. The maximum absolute atomic E-state index is 11.8. The van der Waals surface area contributed by atoms with Gasteiger partial charge in [-0.2, -0.15) is 0 Å². The van der Waals surface area contributed by atoms with E-state index in [1.807, 2.05) is 0 Å². The minimum Gasteiger partial charge on any atom is -0.480 e. The lowest BCUT2D eigenvalue weighted by Crippen LogP contribution is -2.38. The van der Waals surface area contributed by atoms with Crippen LogP contribution < -0.4 is 5.32 Å². The lowest BCUT2D eigenvalue weighted by Gasteiger charge is -2.18. The standard InChI is InChI=1S/C14H20N2O4/c1-2-9-16(10-13(18)19)12(17)7-8-15-14(20)11-5-3-4-6-11/h1,11H,3-10H2,(H,15,20)(H,18,19). The smallest absolute Gasteiger partial charge is 0.323 e. The molecule has 0 heterocycles. The van der Waals surface area contributed by atoms with E-state index in [1.54, 1.807) is 0 Å². The first kappa shape index (κ1) is 16.0. The van der Waals surface area contributed by atoms with Crippen LogP contribution in [0.15, 0.2) is 0 Å². The van der Waals surface area contributed by atoms with Gasteiger partial charge in [0.15, 0.2) is 0 Å². The van der Waals surface area contributed by atoms with Crippen molar-refractivity contribution in [1.29, 1.82) is 0 Å². The van der Waals surface area contributed by atoms with Crippen molar-refractivity contribution >= 4 is 17.8 Å². The molecule has 1 saturated carbocycles. The van der Waals surface area contributed by atoms with Gasteiger partial charge in [-0.15, -0.1) is 6.42 Å². The van der Waals surface area contributed by atoms with Crippen LogP contribution in [0.4, 0.5) is 0 Å². The third-order valence-corrected chi connectivity index (χ3v) is 3.33. The number of rotatable bonds is 7. The Labute approximate surface area is 118 Å². The van der Waals surface area contributed by atoms with Gasteiger partial charge < -0.3 is 15.3 Å². The van der Waals surface area contributed by atoms with Crippen LogP contribution in [-0.2, 0) is 14.4 Å². The lowest BCUT2D eigenvalue weighted by atomic mass is 10.1. The monoisotopic (exact) mass is 280 g/mol. The molecule has 1 aliphatic rings. The van der Waals surface area contributed by atoms with Crippen molar-refractivity contribution in [2.75, 3.05) is 19.6 Å². The highest BCUT2D eigenvalue weighted by molar-refractivity contribution is 5.83. The number of carboxylic acid groups (broad SMARTS) is 1. The molecule has 1 aliphatic carbocycles. The molecular weight excluding hydrogens is 260 g/mol. The maximum atomic E-state index is 11.8. The van der Waals surface area contributed by atoms with Crippen molar-refractivity contribution < 1.29 is 19.5 Å². The van der Waals surface area contributed by atoms with Crippen molar-refractivity contribution in [3.05, 3.63) is 0 Å². The van der Waals surface area contributed by atoms with Crippen LogP contribution in [0, 0.1) is 18.3 Å². The summed E-state index contributed by atoms with van der Waals surface area (Å²) >= 11 is 0. The number of nitrogens with one attached hydrogen (secondary N) is 1. The second-order valence-electron chi connectivity index (χ2n) is 4.87. The minimum atomic E-state index is -1.11. The van der Waals surface area contributed by atoms with Crippen molar-refractivity contribution in [3.8, 4) is 12.3 Å². The predicted octanol–water partition coefficient (Wildman–Crippen LogP) is 0.229. The molecule has 1 fully saturated rings. The first-order chi connectivity index (χ1) is 9.54. The molecule has 0 radical (unpaired) electrons. The van der Waals surface area contributed by atoms with Gasteiger partial charge in [0.2, 0.25) is 11.8 Å². The highest BCUT2D eigenvalue weighted by Gasteiger charge is 2.22. The average Bonchev–Trinajstić information content (AvgIpc) is 2.91. The molecule has 0 saturated heterocycles. The second kappa shape index (κ2) is 8.20. The first-order valence-corrected chi connectivity index (χ1v) is 6.75. The van der Waals surface area contributed by atoms with Gasteiger partial charge in [-0.1, -0.05) is 18.8 Å². The first-order valence-electron chi connectivity index (χ1n) is 6.75. The SMILES string of the molecule is C#CCN(CC(=O)O)C(=O)CCNC(=O)C1CCCC1. The summed E-state index contributed by atoms with van der Waals surface area (Å²) in [5, 5.41) is 11.4. The number of amides is 2. The fourth-order valence-electron chi connectivity index (χ4n) is 2.29. The van der Waals surface area contributed by atoms with Gasteiger partial charge in [0.25, 0.3) is 0 Å². The summed E-state index contributed by atoms with van der Waals surface area (Å²) in [7, 11) is 0. The van der Waals surface area contributed by atoms with Gasteiger partial charge in [0.05, 0.1) is 6.54 Å². The van der Waals surface area contributed by atoms with Crippen molar-refractivity contribution in [2.24, 2.45) is 5.92 Å². The largest absolute Gasteiger partial charge is 0.480 e. The quantitative estimate of drug-likeness (QED) is 0.654. The fourth-order valence-corrected chi connectivity index (χ4v) is 2.29. The van der Waals surface area contributed by atoms with Gasteiger partial charge in [-0.05, 0) is 12.8 Å². The summed E-state index contributed by atoms with van der Waals surface area (Å²) in [5.74, 6) is 0.825. The van der Waals surface area contributed by atoms with Crippen LogP contribution in [0.5, 0.6) is 0 Å². The Morgan fingerprint density at radius 2 is 1.95 bits per heavy atom. The second-order valence-corrected chi connectivity index (χ2v) is 4.87. The van der Waals surface area contributed by atoms with E-state index in [9.17, 15) is 14.4 Å². The molecule has 20 heavy (non-hydrogen) atoms. The van der Waals surface area contributed by atoms with E-state index in [1.165, 1.54) is 0 Å². The summed E-state index contributed by atoms with van der Waals surface area (Å²) in [6.45, 7) is -0.240. The molecule has 1 rings (SSSR count). The third-order valence-electron chi connectivity index (χ3n) is 3.33. The van der Waals surface area contributed by atoms with E-state index in [-0.39, 0.29) is 37.2 Å². The van der Waals surface area contributed by atoms with E-state index in [0.717, 1.165) is 30.6 Å². The normalized spacial score (nSPS) is 14.6. The van der Waals surface area contributed by atoms with Crippen LogP contribution in [0.2, 0.25) is 0 Å². The Morgan fingerprint density at radius 1 is 1.30 bits per heavy atom. The van der Waals surface area contributed by atoms with E-state index in [4.69, 9.17) is 11.5 Å². The molecule has 2 amide bonds. The molecule has 2 N–H and O–H groups in total. The average molecular weight is 280 g/mol. The fraction of sp³-hybridized carbons (Fsp3) is 0.643. The van der Waals surface area contributed by atoms with Crippen LogP contribution >= 0.6 is 0 Å². The van der Waals surface area contributed by atoms with Crippen LogP contribution in [-0.4, -0.2) is 47.4 Å². The molecule has 0 aromatic carbocycles. The number of nitrogens with zero attached hydrogens (tertiary/aromatic N) is 1. The Balaban J connectivity index is 2.31. The molecule has 6 heteroatoms. The van der Waals surface area contributed by atoms with Crippen molar-refractivity contribution in [1.82, 2.24) is 10.2 Å². The molecule has 0 aromatic rings. The molecule has 0 aromatic heterocycles. The van der Waals surface area contributed by atoms with Gasteiger partial charge in [-0.25, -0.2) is 0 Å². The summed E-state index contributed by atoms with van der Waals surface area (Å²) in [6, 6.07) is 0. The Hall–Kier alpha value is -2.03. The lowest BCUT2D eigenvalue weighted by molar-refractivity contribution is -0.144. The van der Waals surface area contributed by atoms with E-state index >= 15 is 0 Å². The van der Waals surface area contributed by atoms with Gasteiger partial charge >= 0.3 is 5.97 Å². The van der Waals surface area contributed by atoms with E-state index in [0.29, 0.717) is 0 Å². The summed E-state index contributed by atoms with van der Waals surface area (Å²) in [6.07, 6.45) is 9.12. The molecule has 6 nitrogen and oxygen atoms in total. The Morgan fingerprint density at radius 3 is 2.50 bits per heavy atom. The van der Waals surface area contributed by atoms with Crippen LogP contribution in [0.25, 0.3) is 0 Å². The predicted molar refractivity (Wildman–Crippen MR) is 72.6 cm³/mol. The summed E-state index contributed by atoms with van der Waals surface area (Å²) in [4.78, 5) is 35.2. The number of carboxylic acids is 1. The van der Waals surface area contributed by atoms with Crippen molar-refractivity contribution in [2.45, 2.75) is 32.1 Å². The highest BCUT2D eigenvalue weighted by atomic mass is 16.4. The molecule has 110 valence electrons. The Kier molecular flexibility index (Phi) is 6.57. The molecule has 0 bridgehead atoms. The number of hydrogen-bond donors (Lipinski definition) is 2. The molecule has 0 aliphatic heterocycles. The van der Waals surface area contributed by atoms with E-state index in [2.05, 4.69) is 11.2 Å². The number of carbonyl (C=O) groups excluding carboxylic acids is 2. The van der Waals surface area contributed by atoms with Crippen LogP contribution in [0.1, 0.15) is 32.1 Å².